The SMILES string of the molecule is COCCOCCOC(=O)NCCSSCCC(=O)N1C[C@@H](C)C[C@H]2O[C@]3(CC[C@@H]4C(=C3C)C[C@H]3[C@H]4CC=C4C[C@@H](O)CC[C@@]43C)[C@H](C)[C@@H]21. The lowest BCUT2D eigenvalue weighted by molar-refractivity contribution is -0.139. The summed E-state index contributed by atoms with van der Waals surface area (Å²) in [6, 6.07) is 0.128. The molecule has 2 amide bonds. The van der Waals surface area contributed by atoms with E-state index in [1.54, 1.807) is 34.3 Å². The minimum Gasteiger partial charge on any atom is -0.447 e. The Morgan fingerprint density at radius 3 is 2.71 bits per heavy atom. The number of amides is 2. The molecule has 6 aliphatic rings. The van der Waals surface area contributed by atoms with E-state index in [9.17, 15) is 14.7 Å². The van der Waals surface area contributed by atoms with E-state index in [2.05, 4.69) is 44.0 Å². The number of carbonyl (C=O) groups excluding carboxylic acids is 2. The van der Waals surface area contributed by atoms with Gasteiger partial charge in [-0.3, -0.25) is 4.79 Å². The molecule has 2 aliphatic heterocycles. The van der Waals surface area contributed by atoms with Crippen LogP contribution in [0.4, 0.5) is 4.79 Å². The second-order valence-electron chi connectivity index (χ2n) is 15.8. The van der Waals surface area contributed by atoms with Crippen LogP contribution in [0.15, 0.2) is 22.8 Å². The molecule has 0 aromatic rings. The minimum atomic E-state index is -0.438. The maximum Gasteiger partial charge on any atom is 0.407 e. The van der Waals surface area contributed by atoms with E-state index in [1.807, 2.05) is 0 Å². The van der Waals surface area contributed by atoms with Gasteiger partial charge >= 0.3 is 6.09 Å². The molecule has 1 spiro atoms. The van der Waals surface area contributed by atoms with Crippen molar-refractivity contribution in [3.63, 3.8) is 0 Å². The molecule has 10 atom stereocenters. The zero-order valence-corrected chi connectivity index (χ0v) is 32.0. The van der Waals surface area contributed by atoms with Crippen LogP contribution in [0, 0.1) is 35.0 Å². The van der Waals surface area contributed by atoms with Crippen LogP contribution in [-0.4, -0.2) is 104 Å². The Hall–Kier alpha value is -1.24. The first-order valence-corrected chi connectivity index (χ1v) is 21.3. The van der Waals surface area contributed by atoms with Gasteiger partial charge < -0.3 is 34.3 Å². The van der Waals surface area contributed by atoms with Gasteiger partial charge in [0.2, 0.25) is 5.91 Å². The summed E-state index contributed by atoms with van der Waals surface area (Å²) in [5.41, 5.74) is 4.62. The first-order valence-electron chi connectivity index (χ1n) is 18.9. The van der Waals surface area contributed by atoms with Gasteiger partial charge in [-0.2, -0.15) is 0 Å². The van der Waals surface area contributed by atoms with Gasteiger partial charge in [0.05, 0.1) is 43.7 Å². The number of carbonyl (C=O) groups is 2. The Labute approximate surface area is 301 Å². The molecule has 0 aromatic heterocycles. The summed E-state index contributed by atoms with van der Waals surface area (Å²) in [7, 11) is 4.98. The van der Waals surface area contributed by atoms with E-state index in [1.165, 1.54) is 24.0 Å². The highest BCUT2D eigenvalue weighted by Gasteiger charge is 2.62. The Kier molecular flexibility index (Phi) is 12.4. The van der Waals surface area contributed by atoms with Crippen molar-refractivity contribution < 1.29 is 33.6 Å². The van der Waals surface area contributed by atoms with Crippen LogP contribution in [-0.2, 0) is 23.7 Å². The van der Waals surface area contributed by atoms with Crippen molar-refractivity contribution in [2.24, 2.45) is 35.0 Å². The third kappa shape index (κ3) is 7.64. The molecule has 2 heterocycles. The molecule has 0 unspecified atom stereocenters. The number of ether oxygens (including phenoxy) is 4. The molecule has 2 N–H and O–H groups in total. The number of fused-ring (bicyclic) bond motifs is 6. The molecule has 0 bridgehead atoms. The number of aliphatic hydroxyl groups excluding tert-OH is 1. The van der Waals surface area contributed by atoms with Gasteiger partial charge in [-0.15, -0.1) is 0 Å². The molecule has 49 heavy (non-hydrogen) atoms. The van der Waals surface area contributed by atoms with E-state index >= 15 is 0 Å². The number of alkyl carbamates (subject to hydrolysis) is 1. The van der Waals surface area contributed by atoms with Crippen LogP contribution in [0.25, 0.3) is 0 Å². The quantitative estimate of drug-likeness (QED) is 0.127. The van der Waals surface area contributed by atoms with Crippen molar-refractivity contribution in [1.29, 1.82) is 0 Å². The number of hydrogen-bond acceptors (Lipinski definition) is 9. The van der Waals surface area contributed by atoms with Gasteiger partial charge in [-0.25, -0.2) is 4.79 Å². The molecule has 276 valence electrons. The highest BCUT2D eigenvalue weighted by atomic mass is 33.1. The van der Waals surface area contributed by atoms with E-state index in [0.717, 1.165) is 56.6 Å². The van der Waals surface area contributed by atoms with Crippen LogP contribution in [0.1, 0.15) is 85.5 Å². The Morgan fingerprint density at radius 1 is 1.10 bits per heavy atom. The van der Waals surface area contributed by atoms with Crippen molar-refractivity contribution in [1.82, 2.24) is 10.2 Å². The topological polar surface area (TPSA) is 107 Å². The number of rotatable bonds is 13. The molecule has 9 nitrogen and oxygen atoms in total. The van der Waals surface area contributed by atoms with Gasteiger partial charge in [0.25, 0.3) is 0 Å². The predicted molar refractivity (Wildman–Crippen MR) is 195 cm³/mol. The highest BCUT2D eigenvalue weighted by molar-refractivity contribution is 8.76. The van der Waals surface area contributed by atoms with Crippen molar-refractivity contribution in [3.05, 3.63) is 22.8 Å². The minimum absolute atomic E-state index is 0.0916. The molecule has 2 saturated carbocycles. The Morgan fingerprint density at radius 2 is 1.90 bits per heavy atom. The number of allylic oxidation sites excluding steroid dienone is 2. The number of nitrogens with zero attached hydrogens (tertiary/aromatic N) is 1. The number of nitrogens with one attached hydrogen (secondary N) is 1. The maximum absolute atomic E-state index is 13.8. The molecule has 2 saturated heterocycles. The van der Waals surface area contributed by atoms with Gasteiger partial charge in [-0.05, 0) is 93.0 Å². The Balaban J connectivity index is 1.00. The largest absolute Gasteiger partial charge is 0.447 e. The maximum atomic E-state index is 13.8. The number of piperidine rings is 1. The predicted octanol–water partition coefficient (Wildman–Crippen LogP) is 6.40. The lowest BCUT2D eigenvalue weighted by Gasteiger charge is -2.49. The highest BCUT2D eigenvalue weighted by Crippen LogP contribution is 2.65. The van der Waals surface area contributed by atoms with Crippen LogP contribution in [0.3, 0.4) is 0 Å². The zero-order valence-electron chi connectivity index (χ0n) is 30.4. The summed E-state index contributed by atoms with van der Waals surface area (Å²) < 4.78 is 22.6. The van der Waals surface area contributed by atoms with Crippen molar-refractivity contribution in [2.75, 3.05) is 58.1 Å². The summed E-state index contributed by atoms with van der Waals surface area (Å²) in [5.74, 6) is 4.44. The van der Waals surface area contributed by atoms with Gasteiger partial charge in [-0.1, -0.05) is 59.6 Å². The average Bonchev–Trinajstić information content (AvgIpc) is 3.60. The van der Waals surface area contributed by atoms with Crippen molar-refractivity contribution >= 4 is 33.6 Å². The first kappa shape index (κ1) is 37.5. The summed E-state index contributed by atoms with van der Waals surface area (Å²) in [4.78, 5) is 27.9. The third-order valence-electron chi connectivity index (χ3n) is 13.1. The summed E-state index contributed by atoms with van der Waals surface area (Å²) in [6.07, 6.45) is 11.0. The van der Waals surface area contributed by atoms with Crippen molar-refractivity contribution in [2.45, 2.75) is 109 Å². The first-order chi connectivity index (χ1) is 23.6. The average molecular weight is 721 g/mol. The second-order valence-corrected chi connectivity index (χ2v) is 18.5. The van der Waals surface area contributed by atoms with E-state index in [-0.39, 0.29) is 47.7 Å². The normalized spacial score (nSPS) is 38.1. The zero-order chi connectivity index (χ0) is 34.8. The number of aliphatic hydroxyl groups is 1. The third-order valence-corrected chi connectivity index (χ3v) is 15.6. The molecule has 0 aromatic carbocycles. The summed E-state index contributed by atoms with van der Waals surface area (Å²) >= 11 is 0. The van der Waals surface area contributed by atoms with E-state index in [4.69, 9.17) is 18.9 Å². The van der Waals surface area contributed by atoms with Crippen LogP contribution in [0.2, 0.25) is 0 Å². The lowest BCUT2D eigenvalue weighted by atomic mass is 9.56. The number of methoxy groups -OCH3 is 1. The Bertz CT molecular complexity index is 1260. The molecule has 0 radical (unpaired) electrons. The van der Waals surface area contributed by atoms with E-state index in [0.29, 0.717) is 56.5 Å². The van der Waals surface area contributed by atoms with Gasteiger partial charge in [0.15, 0.2) is 0 Å². The summed E-state index contributed by atoms with van der Waals surface area (Å²) in [5, 5.41) is 13.2. The fourth-order valence-corrected chi connectivity index (χ4v) is 12.6. The lowest BCUT2D eigenvalue weighted by Crippen LogP contribution is -2.54. The van der Waals surface area contributed by atoms with Crippen molar-refractivity contribution in [3.8, 4) is 0 Å². The molecule has 6 rings (SSSR count). The van der Waals surface area contributed by atoms with Gasteiger partial charge in [0.1, 0.15) is 6.61 Å². The second kappa shape index (κ2) is 16.2. The summed E-state index contributed by atoms with van der Waals surface area (Å²) in [6.45, 7) is 12.4. The molecule has 4 aliphatic carbocycles. The smallest absolute Gasteiger partial charge is 0.407 e. The van der Waals surface area contributed by atoms with Gasteiger partial charge in [0, 0.05) is 44.0 Å². The molecular weight excluding hydrogens is 661 g/mol. The number of hydrogen-bond donors (Lipinski definition) is 2. The van der Waals surface area contributed by atoms with Crippen LogP contribution in [0.5, 0.6) is 0 Å². The molecule has 4 fully saturated rings. The monoisotopic (exact) mass is 720 g/mol. The fourth-order valence-electron chi connectivity index (χ4n) is 10.7. The standard InChI is InChI=1S/C38H60N2O7S2/c1-24-20-33-35(40(23-24)34(42)10-18-48-49-19-13-39-36(43)46-17-16-45-15-14-44-5)26(3)38(47-33)12-9-29-30-7-6-27-21-28(41)8-11-37(27,4)32(30)22-31(29)25(38)2/h6,24,26,28-30,32-33,35,41H,7-23H2,1-5H3,(H,39,43)/t24-,26+,28-,29-,30-,32-,33+,35-,37-,38-/m0/s1. The molecular formula is C38H60N2O7S2. The number of likely N-dealkylation sites (tertiary alicyclic amines) is 1. The van der Waals surface area contributed by atoms with Crippen LogP contribution >= 0.6 is 21.6 Å². The van der Waals surface area contributed by atoms with E-state index < -0.39 is 6.09 Å². The molecule has 11 heteroatoms. The van der Waals surface area contributed by atoms with Crippen LogP contribution < -0.4 is 5.32 Å². The fraction of sp³-hybridized carbons (Fsp3) is 0.842.